The molecular weight excluding hydrogens is 262 g/mol. The summed E-state index contributed by atoms with van der Waals surface area (Å²) in [5.41, 5.74) is 6.38. The summed E-state index contributed by atoms with van der Waals surface area (Å²) in [5, 5.41) is 10.6. The Balaban J connectivity index is 2.66. The van der Waals surface area contributed by atoms with Crippen molar-refractivity contribution < 1.29 is 14.5 Å². The van der Waals surface area contributed by atoms with Crippen molar-refractivity contribution in [2.75, 3.05) is 25.7 Å². The number of methoxy groups -OCH3 is 1. The van der Waals surface area contributed by atoms with Crippen LogP contribution in [0, 0.1) is 10.1 Å². The highest BCUT2D eigenvalue weighted by Crippen LogP contribution is 2.19. The minimum absolute atomic E-state index is 0.0148. The summed E-state index contributed by atoms with van der Waals surface area (Å²) in [6, 6.07) is 5.16. The third-order valence-corrected chi connectivity index (χ3v) is 2.96. The highest BCUT2D eigenvalue weighted by atomic mass is 16.6. The second-order valence-electron chi connectivity index (χ2n) is 4.41. The fourth-order valence-corrected chi connectivity index (χ4v) is 1.74. The van der Waals surface area contributed by atoms with Crippen molar-refractivity contribution in [3.05, 3.63) is 34.4 Å². The topological polar surface area (TPSA) is 98.7 Å². The van der Waals surface area contributed by atoms with E-state index in [1.807, 2.05) is 0 Å². The Morgan fingerprint density at radius 2 is 2.05 bits per heavy atom. The van der Waals surface area contributed by atoms with Gasteiger partial charge in [0.25, 0.3) is 5.69 Å². The van der Waals surface area contributed by atoms with Gasteiger partial charge in [0, 0.05) is 38.6 Å². The van der Waals surface area contributed by atoms with Crippen molar-refractivity contribution >= 4 is 17.3 Å². The molecule has 20 heavy (non-hydrogen) atoms. The lowest BCUT2D eigenvalue weighted by Gasteiger charge is -2.21. The number of nitro benzene ring substituents is 1. The molecule has 1 amide bonds. The van der Waals surface area contributed by atoms with E-state index in [4.69, 9.17) is 10.5 Å². The van der Waals surface area contributed by atoms with E-state index < -0.39 is 11.0 Å². The fourth-order valence-electron chi connectivity index (χ4n) is 1.74. The zero-order chi connectivity index (χ0) is 15.1. The number of hydrogen-bond acceptors (Lipinski definition) is 5. The van der Waals surface area contributed by atoms with E-state index in [-0.39, 0.29) is 11.6 Å². The van der Waals surface area contributed by atoms with Gasteiger partial charge in [-0.05, 0) is 25.0 Å². The summed E-state index contributed by atoms with van der Waals surface area (Å²) < 4.78 is 4.91. The lowest BCUT2D eigenvalue weighted by Crippen LogP contribution is -2.42. The van der Waals surface area contributed by atoms with E-state index in [0.29, 0.717) is 25.1 Å². The lowest BCUT2D eigenvalue weighted by molar-refractivity contribution is -0.384. The van der Waals surface area contributed by atoms with Crippen LogP contribution in [-0.2, 0) is 9.53 Å². The van der Waals surface area contributed by atoms with E-state index in [9.17, 15) is 14.9 Å². The van der Waals surface area contributed by atoms with Gasteiger partial charge < -0.3 is 15.4 Å². The van der Waals surface area contributed by atoms with Gasteiger partial charge in [-0.25, -0.2) is 0 Å². The number of hydrogen-bond donors (Lipinski definition) is 1. The second-order valence-corrected chi connectivity index (χ2v) is 4.41. The number of ether oxygens (including phenoxy) is 1. The van der Waals surface area contributed by atoms with Gasteiger partial charge in [0.05, 0.1) is 11.0 Å². The maximum atomic E-state index is 12.1. The van der Waals surface area contributed by atoms with E-state index in [1.54, 1.807) is 14.2 Å². The van der Waals surface area contributed by atoms with E-state index in [2.05, 4.69) is 0 Å². The van der Waals surface area contributed by atoms with Crippen LogP contribution in [0.5, 0.6) is 0 Å². The number of carbonyl (C=O) groups excluding carboxylic acids is 1. The molecule has 0 aliphatic heterocycles. The molecule has 0 spiro atoms. The van der Waals surface area contributed by atoms with E-state index in [0.717, 1.165) is 0 Å². The minimum Gasteiger partial charge on any atom is -0.385 e. The highest BCUT2D eigenvalue weighted by Gasteiger charge is 2.19. The summed E-state index contributed by atoms with van der Waals surface area (Å²) in [5.74, 6) is -0.227. The molecule has 7 nitrogen and oxygen atoms in total. The molecule has 0 bridgehead atoms. The van der Waals surface area contributed by atoms with Gasteiger partial charge in [-0.2, -0.15) is 0 Å². The van der Waals surface area contributed by atoms with Crippen LogP contribution >= 0.6 is 0 Å². The Labute approximate surface area is 117 Å². The monoisotopic (exact) mass is 281 g/mol. The Morgan fingerprint density at radius 3 is 2.55 bits per heavy atom. The predicted octanol–water partition coefficient (Wildman–Crippen LogP) is 1.31. The average Bonchev–Trinajstić information content (AvgIpc) is 2.46. The molecule has 0 saturated carbocycles. The third-order valence-electron chi connectivity index (χ3n) is 2.96. The smallest absolute Gasteiger partial charge is 0.269 e. The molecule has 0 aliphatic rings. The van der Waals surface area contributed by atoms with Gasteiger partial charge >= 0.3 is 0 Å². The van der Waals surface area contributed by atoms with Crippen LogP contribution in [0.1, 0.15) is 12.8 Å². The van der Waals surface area contributed by atoms with Crippen LogP contribution < -0.4 is 10.6 Å². The lowest BCUT2D eigenvalue weighted by atomic mass is 10.1. The van der Waals surface area contributed by atoms with Crippen LogP contribution in [0.15, 0.2) is 24.3 Å². The summed E-state index contributed by atoms with van der Waals surface area (Å²) in [6.07, 6.45) is 1.24. The third kappa shape index (κ3) is 4.29. The Hall–Kier alpha value is -1.99. The Bertz CT molecular complexity index is 461. The number of nitro groups is 1. The van der Waals surface area contributed by atoms with E-state index >= 15 is 0 Å². The number of amides is 1. The number of non-ortho nitro benzene ring substituents is 1. The first-order chi connectivity index (χ1) is 9.47. The van der Waals surface area contributed by atoms with Crippen molar-refractivity contribution in [3.8, 4) is 0 Å². The molecular formula is C13H19N3O4. The number of nitrogens with zero attached hydrogens (tertiary/aromatic N) is 2. The summed E-state index contributed by atoms with van der Waals surface area (Å²) in [6.45, 7) is 0.558. The molecule has 1 unspecified atom stereocenters. The zero-order valence-electron chi connectivity index (χ0n) is 11.6. The van der Waals surface area contributed by atoms with Crippen LogP contribution in [0.25, 0.3) is 0 Å². The molecule has 1 aromatic rings. The van der Waals surface area contributed by atoms with Gasteiger partial charge in [-0.3, -0.25) is 14.9 Å². The zero-order valence-corrected chi connectivity index (χ0v) is 11.6. The summed E-state index contributed by atoms with van der Waals surface area (Å²) in [7, 11) is 3.19. The molecule has 0 saturated heterocycles. The minimum atomic E-state index is -0.606. The number of carbonyl (C=O) groups is 1. The molecule has 1 atom stereocenters. The molecule has 1 aromatic carbocycles. The van der Waals surface area contributed by atoms with Crippen LogP contribution in [0.4, 0.5) is 11.4 Å². The SMILES string of the molecule is COCCCC(N)C(=O)N(C)c1ccc([N+](=O)[O-])cc1. The van der Waals surface area contributed by atoms with Gasteiger partial charge in [-0.1, -0.05) is 0 Å². The molecule has 0 fully saturated rings. The summed E-state index contributed by atoms with van der Waals surface area (Å²) in [4.78, 5) is 23.6. The molecule has 1 rings (SSSR count). The Kier molecular flexibility index (Phi) is 6.08. The van der Waals surface area contributed by atoms with E-state index in [1.165, 1.54) is 29.2 Å². The largest absolute Gasteiger partial charge is 0.385 e. The van der Waals surface area contributed by atoms with Crippen LogP contribution in [-0.4, -0.2) is 37.6 Å². The normalized spacial score (nSPS) is 11.9. The van der Waals surface area contributed by atoms with Crippen molar-refractivity contribution in [2.24, 2.45) is 5.73 Å². The van der Waals surface area contributed by atoms with Crippen LogP contribution in [0.2, 0.25) is 0 Å². The Morgan fingerprint density at radius 1 is 1.45 bits per heavy atom. The first kappa shape index (κ1) is 16.1. The van der Waals surface area contributed by atoms with Gasteiger partial charge in [-0.15, -0.1) is 0 Å². The molecule has 0 radical (unpaired) electrons. The predicted molar refractivity (Wildman–Crippen MR) is 75.6 cm³/mol. The van der Waals surface area contributed by atoms with Crippen molar-refractivity contribution in [3.63, 3.8) is 0 Å². The van der Waals surface area contributed by atoms with Crippen molar-refractivity contribution in [2.45, 2.75) is 18.9 Å². The van der Waals surface area contributed by atoms with Crippen LogP contribution in [0.3, 0.4) is 0 Å². The van der Waals surface area contributed by atoms with Gasteiger partial charge in [0.15, 0.2) is 0 Å². The highest BCUT2D eigenvalue weighted by molar-refractivity contribution is 5.96. The molecule has 110 valence electrons. The number of rotatable bonds is 7. The first-order valence-electron chi connectivity index (χ1n) is 6.24. The fraction of sp³-hybridized carbons (Fsp3) is 0.462. The number of anilines is 1. The molecule has 0 aromatic heterocycles. The second kappa shape index (κ2) is 7.56. The maximum Gasteiger partial charge on any atom is 0.269 e. The standard InChI is InChI=1S/C13H19N3O4/c1-15(13(17)12(14)4-3-9-20-2)10-5-7-11(8-6-10)16(18)19/h5-8,12H,3-4,9,14H2,1-2H3. The first-order valence-corrected chi connectivity index (χ1v) is 6.24. The molecule has 7 heteroatoms. The number of nitrogens with two attached hydrogens (primary N) is 1. The number of benzene rings is 1. The quantitative estimate of drug-likeness (QED) is 0.461. The van der Waals surface area contributed by atoms with Gasteiger partial charge in [0.1, 0.15) is 0 Å². The molecule has 0 heterocycles. The van der Waals surface area contributed by atoms with Gasteiger partial charge in [0.2, 0.25) is 5.91 Å². The average molecular weight is 281 g/mol. The number of likely N-dealkylation sites (N-methyl/N-ethyl adjacent to an activating group) is 1. The molecule has 0 aliphatic carbocycles. The molecule has 2 N–H and O–H groups in total. The van der Waals surface area contributed by atoms with Crippen molar-refractivity contribution in [1.29, 1.82) is 0 Å². The van der Waals surface area contributed by atoms with Crippen molar-refractivity contribution in [1.82, 2.24) is 0 Å². The summed E-state index contributed by atoms with van der Waals surface area (Å²) >= 11 is 0. The maximum absolute atomic E-state index is 12.1.